The zero-order chi connectivity index (χ0) is 26.8. The zero-order valence-corrected chi connectivity index (χ0v) is 22.1. The fraction of sp³-hybridized carbons (Fsp3) is 0.219. The average molecular weight is 506 g/mol. The van der Waals surface area contributed by atoms with E-state index < -0.39 is 6.04 Å². The molecule has 5 aromatic rings. The smallest absolute Gasteiger partial charge is 0.266 e. The van der Waals surface area contributed by atoms with Crippen LogP contribution in [0.1, 0.15) is 40.3 Å². The molecule has 1 aromatic heterocycles. The van der Waals surface area contributed by atoms with Gasteiger partial charge in [-0.1, -0.05) is 60.2 Å². The lowest BCUT2D eigenvalue weighted by Gasteiger charge is -2.31. The molecule has 192 valence electrons. The normalized spacial score (nSPS) is 12.1. The number of ether oxygens (including phenoxy) is 1. The molecule has 0 aliphatic rings. The molecule has 6 nitrogen and oxygen atoms in total. The monoisotopic (exact) mass is 505 g/mol. The maximum Gasteiger partial charge on any atom is 0.266 e. The van der Waals surface area contributed by atoms with Crippen molar-refractivity contribution in [2.24, 2.45) is 0 Å². The van der Waals surface area contributed by atoms with Crippen LogP contribution in [0, 0.1) is 13.8 Å². The number of aryl methyl sites for hydroxylation is 2. The highest BCUT2D eigenvalue weighted by atomic mass is 16.5. The molecule has 0 aliphatic heterocycles. The van der Waals surface area contributed by atoms with E-state index in [1.165, 1.54) is 0 Å². The Kier molecular flexibility index (Phi) is 7.07. The van der Waals surface area contributed by atoms with E-state index in [1.54, 1.807) is 22.6 Å². The first-order chi connectivity index (χ1) is 18.4. The summed E-state index contributed by atoms with van der Waals surface area (Å²) < 4.78 is 7.03. The number of para-hydroxylation sites is 1. The molecule has 0 spiro atoms. The number of nitrogens with zero attached hydrogens (tertiary/aromatic N) is 3. The second-order valence-corrected chi connectivity index (χ2v) is 9.65. The van der Waals surface area contributed by atoms with Crippen molar-refractivity contribution in [3.8, 4) is 5.69 Å². The standard InChI is InChI=1S/C32H31N3O3/c1-21-13-16-29(22(2)19-21)35-30(33-28-12-8-7-11-27(28)32(35)37)23(3)34(17-18-38-4)31(36)26-15-14-24-9-5-6-10-25(24)20-26/h5-16,19-20,23H,17-18H2,1-4H3. The van der Waals surface area contributed by atoms with Gasteiger partial charge in [0.25, 0.3) is 11.5 Å². The van der Waals surface area contributed by atoms with Crippen molar-refractivity contribution in [1.29, 1.82) is 0 Å². The second-order valence-electron chi connectivity index (χ2n) is 9.65. The van der Waals surface area contributed by atoms with Crippen LogP contribution in [0.2, 0.25) is 0 Å². The van der Waals surface area contributed by atoms with Crippen molar-refractivity contribution in [2.45, 2.75) is 26.8 Å². The number of carbonyl (C=O) groups is 1. The first kappa shape index (κ1) is 25.4. The molecule has 0 radical (unpaired) electrons. The summed E-state index contributed by atoms with van der Waals surface area (Å²) in [4.78, 5) is 34.6. The number of rotatable bonds is 7. The lowest BCUT2D eigenvalue weighted by Crippen LogP contribution is -2.39. The van der Waals surface area contributed by atoms with Gasteiger partial charge in [0, 0.05) is 19.2 Å². The van der Waals surface area contributed by atoms with Gasteiger partial charge in [-0.25, -0.2) is 4.98 Å². The Morgan fingerprint density at radius 1 is 0.947 bits per heavy atom. The van der Waals surface area contributed by atoms with Crippen molar-refractivity contribution in [1.82, 2.24) is 14.5 Å². The Morgan fingerprint density at radius 3 is 2.45 bits per heavy atom. The molecule has 1 atom stereocenters. The van der Waals surface area contributed by atoms with Crippen molar-refractivity contribution < 1.29 is 9.53 Å². The lowest BCUT2D eigenvalue weighted by molar-refractivity contribution is 0.0605. The quantitative estimate of drug-likeness (QED) is 0.272. The Hall–Kier alpha value is -4.29. The summed E-state index contributed by atoms with van der Waals surface area (Å²) in [7, 11) is 1.61. The molecule has 4 aromatic carbocycles. The number of aromatic nitrogens is 2. The zero-order valence-electron chi connectivity index (χ0n) is 22.1. The van der Waals surface area contributed by atoms with E-state index >= 15 is 0 Å². The minimum atomic E-state index is -0.512. The molecule has 0 fully saturated rings. The van der Waals surface area contributed by atoms with E-state index in [1.807, 2.05) is 99.6 Å². The summed E-state index contributed by atoms with van der Waals surface area (Å²) in [6, 6.07) is 26.5. The third-order valence-corrected chi connectivity index (χ3v) is 7.03. The fourth-order valence-electron chi connectivity index (χ4n) is 5.01. The molecule has 0 saturated heterocycles. The Balaban J connectivity index is 1.68. The van der Waals surface area contributed by atoms with Crippen LogP contribution in [0.5, 0.6) is 0 Å². The number of amides is 1. The number of carbonyl (C=O) groups excluding carboxylic acids is 1. The molecule has 0 aliphatic carbocycles. The number of benzene rings is 4. The van der Waals surface area contributed by atoms with Gasteiger partial charge in [0.15, 0.2) is 0 Å². The largest absolute Gasteiger partial charge is 0.383 e. The van der Waals surface area contributed by atoms with Crippen LogP contribution in [-0.2, 0) is 4.74 Å². The minimum absolute atomic E-state index is 0.144. The van der Waals surface area contributed by atoms with Gasteiger partial charge in [-0.05, 0) is 67.4 Å². The number of hydrogen-bond acceptors (Lipinski definition) is 4. The molecule has 0 saturated carbocycles. The van der Waals surface area contributed by atoms with Gasteiger partial charge in [-0.3, -0.25) is 14.2 Å². The third kappa shape index (κ3) is 4.71. The first-order valence-corrected chi connectivity index (χ1v) is 12.8. The summed E-state index contributed by atoms with van der Waals surface area (Å²) in [6.45, 7) is 6.63. The first-order valence-electron chi connectivity index (χ1n) is 12.8. The van der Waals surface area contributed by atoms with Crippen molar-refractivity contribution in [3.63, 3.8) is 0 Å². The highest BCUT2D eigenvalue weighted by molar-refractivity contribution is 5.98. The van der Waals surface area contributed by atoms with Crippen molar-refractivity contribution >= 4 is 27.6 Å². The molecule has 1 amide bonds. The van der Waals surface area contributed by atoms with E-state index in [0.717, 1.165) is 27.6 Å². The van der Waals surface area contributed by atoms with Gasteiger partial charge < -0.3 is 9.64 Å². The van der Waals surface area contributed by atoms with Crippen LogP contribution >= 0.6 is 0 Å². The van der Waals surface area contributed by atoms with Gasteiger partial charge in [0.05, 0.1) is 29.2 Å². The molecule has 0 N–H and O–H groups in total. The van der Waals surface area contributed by atoms with Crippen molar-refractivity contribution in [3.05, 3.63) is 118 Å². The number of hydrogen-bond donors (Lipinski definition) is 0. The van der Waals surface area contributed by atoms with Crippen LogP contribution in [0.15, 0.2) is 89.7 Å². The van der Waals surface area contributed by atoms with Crippen LogP contribution in [0.25, 0.3) is 27.4 Å². The van der Waals surface area contributed by atoms with Gasteiger partial charge >= 0.3 is 0 Å². The van der Waals surface area contributed by atoms with Gasteiger partial charge in [-0.15, -0.1) is 0 Å². The molecular formula is C32H31N3O3. The molecule has 0 bridgehead atoms. The lowest BCUT2D eigenvalue weighted by atomic mass is 10.1. The third-order valence-electron chi connectivity index (χ3n) is 7.03. The average Bonchev–Trinajstić information content (AvgIpc) is 2.93. The summed E-state index contributed by atoms with van der Waals surface area (Å²) >= 11 is 0. The SMILES string of the molecule is COCCN(C(=O)c1ccc2ccccc2c1)C(C)c1nc2ccccc2c(=O)n1-c1ccc(C)cc1C. The van der Waals surface area contributed by atoms with Gasteiger partial charge in [-0.2, -0.15) is 0 Å². The second kappa shape index (κ2) is 10.6. The van der Waals surface area contributed by atoms with E-state index in [-0.39, 0.29) is 11.5 Å². The highest BCUT2D eigenvalue weighted by Crippen LogP contribution is 2.27. The topological polar surface area (TPSA) is 64.4 Å². The van der Waals surface area contributed by atoms with E-state index in [0.29, 0.717) is 35.4 Å². The summed E-state index contributed by atoms with van der Waals surface area (Å²) in [6.07, 6.45) is 0. The van der Waals surface area contributed by atoms with Crippen LogP contribution in [0.4, 0.5) is 0 Å². The van der Waals surface area contributed by atoms with Crippen molar-refractivity contribution in [2.75, 3.05) is 20.3 Å². The minimum Gasteiger partial charge on any atom is -0.383 e. The molecule has 1 heterocycles. The van der Waals surface area contributed by atoms with E-state index in [9.17, 15) is 9.59 Å². The molecule has 5 rings (SSSR count). The Labute approximate surface area is 222 Å². The summed E-state index contributed by atoms with van der Waals surface area (Å²) in [5, 5.41) is 2.60. The fourth-order valence-corrected chi connectivity index (χ4v) is 5.01. The van der Waals surface area contributed by atoms with Crippen LogP contribution in [-0.4, -0.2) is 40.6 Å². The van der Waals surface area contributed by atoms with Gasteiger partial charge in [0.2, 0.25) is 0 Å². The number of fused-ring (bicyclic) bond motifs is 2. The predicted octanol–water partition coefficient (Wildman–Crippen LogP) is 6.01. The molecule has 6 heteroatoms. The molecule has 38 heavy (non-hydrogen) atoms. The highest BCUT2D eigenvalue weighted by Gasteiger charge is 2.28. The maximum absolute atomic E-state index is 14.0. The molecular weight excluding hydrogens is 474 g/mol. The number of methoxy groups -OCH3 is 1. The summed E-state index contributed by atoms with van der Waals surface area (Å²) in [5.74, 6) is 0.362. The van der Waals surface area contributed by atoms with Gasteiger partial charge in [0.1, 0.15) is 5.82 Å². The summed E-state index contributed by atoms with van der Waals surface area (Å²) in [5.41, 5.74) is 3.84. The maximum atomic E-state index is 14.0. The Morgan fingerprint density at radius 2 is 1.68 bits per heavy atom. The van der Waals surface area contributed by atoms with Crippen LogP contribution in [0.3, 0.4) is 0 Å². The Bertz CT molecular complexity index is 1710. The predicted molar refractivity (Wildman–Crippen MR) is 152 cm³/mol. The van der Waals surface area contributed by atoms with Crippen LogP contribution < -0.4 is 5.56 Å². The molecule has 1 unspecified atom stereocenters. The van der Waals surface area contributed by atoms with E-state index in [4.69, 9.17) is 9.72 Å². The van der Waals surface area contributed by atoms with E-state index in [2.05, 4.69) is 0 Å².